The molecule has 0 radical (unpaired) electrons. The molecule has 0 spiro atoms. The van der Waals surface area contributed by atoms with E-state index in [2.05, 4.69) is 0 Å². The lowest BCUT2D eigenvalue weighted by molar-refractivity contribution is -0.130. The van der Waals surface area contributed by atoms with E-state index in [4.69, 9.17) is 4.74 Å². The van der Waals surface area contributed by atoms with Crippen LogP contribution in [0.2, 0.25) is 0 Å². The number of sulfone groups is 1. The Morgan fingerprint density at radius 1 is 1.08 bits per heavy atom. The molecule has 1 fully saturated rings. The Labute approximate surface area is 142 Å². The summed E-state index contributed by atoms with van der Waals surface area (Å²) in [6, 6.07) is 6.90. The lowest BCUT2D eigenvalue weighted by Crippen LogP contribution is -2.43. The quantitative estimate of drug-likeness (QED) is 0.697. The maximum Gasteiger partial charge on any atom is 0.223 e. The summed E-state index contributed by atoms with van der Waals surface area (Å²) < 4.78 is 28.2. The van der Waals surface area contributed by atoms with E-state index in [0.717, 1.165) is 12.2 Å². The fourth-order valence-electron chi connectivity index (χ4n) is 2.44. The average molecular weight is 353 g/mol. The van der Waals surface area contributed by atoms with Gasteiger partial charge in [0, 0.05) is 31.5 Å². The van der Waals surface area contributed by atoms with Crippen LogP contribution in [0.25, 0.3) is 0 Å². The molecule has 0 aliphatic carbocycles. The van der Waals surface area contributed by atoms with Crippen LogP contribution >= 0.6 is 0 Å². The molecule has 1 saturated heterocycles. The first-order chi connectivity index (χ1) is 11.4. The topological polar surface area (TPSA) is 80.8 Å². The Morgan fingerprint density at radius 2 is 1.71 bits per heavy atom. The largest absolute Gasteiger partial charge is 0.494 e. The van der Waals surface area contributed by atoms with Gasteiger partial charge in [0.1, 0.15) is 5.75 Å². The van der Waals surface area contributed by atoms with Gasteiger partial charge in [-0.3, -0.25) is 9.59 Å². The van der Waals surface area contributed by atoms with E-state index >= 15 is 0 Å². The minimum Gasteiger partial charge on any atom is -0.494 e. The number of hydrogen-bond acceptors (Lipinski definition) is 5. The Morgan fingerprint density at radius 3 is 2.29 bits per heavy atom. The molecular weight excluding hydrogens is 330 g/mol. The van der Waals surface area contributed by atoms with Crippen molar-refractivity contribution in [2.45, 2.75) is 26.2 Å². The van der Waals surface area contributed by atoms with Crippen LogP contribution in [0, 0.1) is 0 Å². The zero-order chi connectivity index (χ0) is 17.6. The summed E-state index contributed by atoms with van der Waals surface area (Å²) in [5.74, 6) is 0.466. The van der Waals surface area contributed by atoms with Crippen LogP contribution in [0.3, 0.4) is 0 Å². The zero-order valence-corrected chi connectivity index (χ0v) is 14.7. The van der Waals surface area contributed by atoms with Crippen molar-refractivity contribution >= 4 is 21.5 Å². The number of benzene rings is 1. The van der Waals surface area contributed by atoms with Gasteiger partial charge in [0.2, 0.25) is 5.91 Å². The molecule has 0 aromatic heterocycles. The lowest BCUT2D eigenvalue weighted by atomic mass is 10.1. The van der Waals surface area contributed by atoms with Crippen LogP contribution in [-0.4, -0.2) is 56.2 Å². The molecule has 2 rings (SSSR count). The summed E-state index contributed by atoms with van der Waals surface area (Å²) in [5, 5.41) is 0. The second kappa shape index (κ2) is 8.28. The van der Waals surface area contributed by atoms with Crippen LogP contribution in [0.15, 0.2) is 24.3 Å². The predicted molar refractivity (Wildman–Crippen MR) is 91.0 cm³/mol. The van der Waals surface area contributed by atoms with E-state index in [1.54, 1.807) is 24.3 Å². The van der Waals surface area contributed by atoms with Crippen LogP contribution in [0.5, 0.6) is 5.75 Å². The van der Waals surface area contributed by atoms with Crippen molar-refractivity contribution in [1.29, 1.82) is 0 Å². The van der Waals surface area contributed by atoms with Crippen LogP contribution < -0.4 is 4.74 Å². The SMILES string of the molecule is CCCOc1ccc(C(=O)CCC(=O)N2CCS(=O)(=O)CC2)cc1. The van der Waals surface area contributed by atoms with E-state index in [9.17, 15) is 18.0 Å². The first-order valence-electron chi connectivity index (χ1n) is 8.15. The third-order valence-corrected chi connectivity index (χ3v) is 5.52. The van der Waals surface area contributed by atoms with Gasteiger partial charge in [0.05, 0.1) is 18.1 Å². The van der Waals surface area contributed by atoms with Gasteiger partial charge >= 0.3 is 0 Å². The molecule has 0 N–H and O–H groups in total. The van der Waals surface area contributed by atoms with Crippen molar-refractivity contribution in [3.8, 4) is 5.75 Å². The van der Waals surface area contributed by atoms with Crippen molar-refractivity contribution in [1.82, 2.24) is 4.90 Å². The van der Waals surface area contributed by atoms with Gasteiger partial charge in [-0.1, -0.05) is 6.92 Å². The predicted octanol–water partition coefficient (Wildman–Crippen LogP) is 1.70. The molecule has 0 bridgehead atoms. The molecular formula is C17H23NO5S. The first-order valence-corrected chi connectivity index (χ1v) is 9.97. The minimum absolute atomic E-state index is 0.00586. The fraction of sp³-hybridized carbons (Fsp3) is 0.529. The number of carbonyl (C=O) groups excluding carboxylic acids is 2. The highest BCUT2D eigenvalue weighted by atomic mass is 32.2. The highest BCUT2D eigenvalue weighted by molar-refractivity contribution is 7.91. The monoisotopic (exact) mass is 353 g/mol. The second-order valence-corrected chi connectivity index (χ2v) is 8.13. The minimum atomic E-state index is -3.01. The van der Waals surface area contributed by atoms with Crippen molar-refractivity contribution in [2.24, 2.45) is 0 Å². The number of carbonyl (C=O) groups is 2. The van der Waals surface area contributed by atoms with E-state index in [1.165, 1.54) is 4.90 Å². The molecule has 0 saturated carbocycles. The van der Waals surface area contributed by atoms with Gasteiger partial charge in [-0.2, -0.15) is 0 Å². The molecule has 7 heteroatoms. The number of Topliss-reactive ketones (excluding diaryl/α,β-unsaturated/α-hetero) is 1. The van der Waals surface area contributed by atoms with Crippen molar-refractivity contribution < 1.29 is 22.7 Å². The number of nitrogens with zero attached hydrogens (tertiary/aromatic N) is 1. The normalized spacial score (nSPS) is 16.6. The first kappa shape index (κ1) is 18.4. The van der Waals surface area contributed by atoms with Crippen LogP contribution in [-0.2, 0) is 14.6 Å². The van der Waals surface area contributed by atoms with Crippen molar-refractivity contribution in [2.75, 3.05) is 31.2 Å². The summed E-state index contributed by atoms with van der Waals surface area (Å²) >= 11 is 0. The number of ketones is 1. The average Bonchev–Trinajstić information content (AvgIpc) is 2.58. The Balaban J connectivity index is 1.81. The molecule has 0 atom stereocenters. The molecule has 1 aliphatic rings. The maximum atomic E-state index is 12.2. The van der Waals surface area contributed by atoms with Gasteiger partial charge < -0.3 is 9.64 Å². The van der Waals surface area contributed by atoms with E-state index < -0.39 is 9.84 Å². The molecule has 0 unspecified atom stereocenters. The molecule has 24 heavy (non-hydrogen) atoms. The number of hydrogen-bond donors (Lipinski definition) is 0. The molecule has 1 heterocycles. The molecule has 1 amide bonds. The molecule has 132 valence electrons. The number of ether oxygens (including phenoxy) is 1. The Bertz CT molecular complexity index is 667. The Hall–Kier alpha value is -1.89. The summed E-state index contributed by atoms with van der Waals surface area (Å²) in [7, 11) is -3.01. The number of amides is 1. The van der Waals surface area contributed by atoms with Gasteiger partial charge in [-0.25, -0.2) is 8.42 Å². The second-order valence-electron chi connectivity index (χ2n) is 5.83. The molecule has 1 aromatic carbocycles. The van der Waals surface area contributed by atoms with Crippen LogP contribution in [0.4, 0.5) is 0 Å². The van der Waals surface area contributed by atoms with Gasteiger partial charge in [0.15, 0.2) is 15.6 Å². The van der Waals surface area contributed by atoms with Gasteiger partial charge in [0.25, 0.3) is 0 Å². The summed E-state index contributed by atoms with van der Waals surface area (Å²) in [4.78, 5) is 25.8. The summed E-state index contributed by atoms with van der Waals surface area (Å²) in [5.41, 5.74) is 0.549. The third kappa shape index (κ3) is 5.33. The third-order valence-electron chi connectivity index (χ3n) is 3.91. The highest BCUT2D eigenvalue weighted by Crippen LogP contribution is 2.15. The Kier molecular flexibility index (Phi) is 6.36. The summed E-state index contributed by atoms with van der Waals surface area (Å²) in [6.45, 7) is 3.09. The smallest absolute Gasteiger partial charge is 0.223 e. The van der Waals surface area contributed by atoms with E-state index in [1.807, 2.05) is 6.92 Å². The van der Waals surface area contributed by atoms with Crippen molar-refractivity contribution in [3.63, 3.8) is 0 Å². The van der Waals surface area contributed by atoms with Crippen LogP contribution in [0.1, 0.15) is 36.5 Å². The molecule has 1 aromatic rings. The highest BCUT2D eigenvalue weighted by Gasteiger charge is 2.25. The molecule has 6 nitrogen and oxygen atoms in total. The van der Waals surface area contributed by atoms with E-state index in [0.29, 0.717) is 12.2 Å². The summed E-state index contributed by atoms with van der Waals surface area (Å²) in [6.07, 6.45) is 1.14. The lowest BCUT2D eigenvalue weighted by Gasteiger charge is -2.26. The van der Waals surface area contributed by atoms with Gasteiger partial charge in [-0.05, 0) is 30.7 Å². The fourth-order valence-corrected chi connectivity index (χ4v) is 3.64. The van der Waals surface area contributed by atoms with E-state index in [-0.39, 0.29) is 49.1 Å². The number of rotatable bonds is 7. The molecule has 1 aliphatic heterocycles. The standard InChI is InChI=1S/C17H23NO5S/c1-2-11-23-15-5-3-14(4-6-15)16(19)7-8-17(20)18-9-12-24(21,22)13-10-18/h3-6H,2,7-13H2,1H3. The maximum absolute atomic E-state index is 12.2. The van der Waals surface area contributed by atoms with Crippen molar-refractivity contribution in [3.05, 3.63) is 29.8 Å². The zero-order valence-electron chi connectivity index (χ0n) is 13.9. The van der Waals surface area contributed by atoms with Gasteiger partial charge in [-0.15, -0.1) is 0 Å².